The summed E-state index contributed by atoms with van der Waals surface area (Å²) in [6.45, 7) is 6.29. The average molecular weight is 342 g/mol. The van der Waals surface area contributed by atoms with E-state index in [1.807, 2.05) is 37.4 Å². The average Bonchev–Trinajstić information content (AvgIpc) is 3.13. The van der Waals surface area contributed by atoms with E-state index in [4.69, 9.17) is 4.42 Å². The van der Waals surface area contributed by atoms with Crippen molar-refractivity contribution in [2.45, 2.75) is 38.5 Å². The molecule has 6 heteroatoms. The fourth-order valence-corrected chi connectivity index (χ4v) is 3.08. The van der Waals surface area contributed by atoms with Gasteiger partial charge in [-0.05, 0) is 38.1 Å². The van der Waals surface area contributed by atoms with Crippen molar-refractivity contribution >= 4 is 11.6 Å². The number of carbonyl (C=O) groups excluding carboxylic acids is 1. The van der Waals surface area contributed by atoms with Crippen LogP contribution in [0.4, 0.5) is 5.69 Å². The highest BCUT2D eigenvalue weighted by atomic mass is 16.4. The third-order valence-electron chi connectivity index (χ3n) is 4.76. The number of likely N-dealkylation sites (N-methyl/N-ethyl adjacent to an activating group) is 1. The van der Waals surface area contributed by atoms with Crippen LogP contribution in [0.2, 0.25) is 0 Å². The number of likely N-dealkylation sites (tertiary alicyclic amines) is 1. The molecule has 1 aliphatic rings. The molecule has 3 rings (SSSR count). The van der Waals surface area contributed by atoms with Crippen LogP contribution in [0.3, 0.4) is 0 Å². The zero-order chi connectivity index (χ0) is 17.8. The Morgan fingerprint density at radius 1 is 1.24 bits per heavy atom. The zero-order valence-electron chi connectivity index (χ0n) is 15.2. The van der Waals surface area contributed by atoms with Crippen molar-refractivity contribution in [3.63, 3.8) is 0 Å². The lowest BCUT2D eigenvalue weighted by molar-refractivity contribution is -0.119. The van der Waals surface area contributed by atoms with Crippen molar-refractivity contribution in [1.29, 1.82) is 0 Å². The summed E-state index contributed by atoms with van der Waals surface area (Å²) in [4.78, 5) is 16.4. The third kappa shape index (κ3) is 4.25. The summed E-state index contributed by atoms with van der Waals surface area (Å²) in [7, 11) is 1.83. The van der Waals surface area contributed by atoms with Crippen LogP contribution in [0.5, 0.6) is 0 Å². The van der Waals surface area contributed by atoms with Crippen LogP contribution in [0.25, 0.3) is 0 Å². The number of rotatable bonds is 5. The molecule has 1 saturated heterocycles. The molecule has 1 amide bonds. The SMILES string of the molecule is CC(C)c1nnc(C2CCN(CC(=O)N(C)c3ccccc3)CC2)o1. The van der Waals surface area contributed by atoms with E-state index in [2.05, 4.69) is 28.9 Å². The van der Waals surface area contributed by atoms with Crippen molar-refractivity contribution in [3.8, 4) is 0 Å². The van der Waals surface area contributed by atoms with Gasteiger partial charge in [0.2, 0.25) is 17.7 Å². The largest absolute Gasteiger partial charge is 0.425 e. The van der Waals surface area contributed by atoms with Gasteiger partial charge in [0.05, 0.1) is 6.54 Å². The maximum absolute atomic E-state index is 12.5. The zero-order valence-corrected chi connectivity index (χ0v) is 15.2. The van der Waals surface area contributed by atoms with Crippen LogP contribution >= 0.6 is 0 Å². The molecule has 0 radical (unpaired) electrons. The molecule has 1 fully saturated rings. The Kier molecular flexibility index (Phi) is 5.48. The number of piperidine rings is 1. The van der Waals surface area contributed by atoms with Gasteiger partial charge in [0.25, 0.3) is 0 Å². The van der Waals surface area contributed by atoms with E-state index in [1.54, 1.807) is 4.90 Å². The molecule has 2 aromatic rings. The highest BCUT2D eigenvalue weighted by Gasteiger charge is 2.27. The molecule has 0 bridgehead atoms. The molecule has 0 spiro atoms. The Morgan fingerprint density at radius 2 is 1.92 bits per heavy atom. The minimum atomic E-state index is 0.115. The quantitative estimate of drug-likeness (QED) is 0.836. The maximum Gasteiger partial charge on any atom is 0.240 e. The number of hydrogen-bond acceptors (Lipinski definition) is 5. The summed E-state index contributed by atoms with van der Waals surface area (Å²) in [6.07, 6.45) is 1.89. The molecule has 0 unspecified atom stereocenters. The maximum atomic E-state index is 12.5. The number of para-hydroxylation sites is 1. The summed E-state index contributed by atoms with van der Waals surface area (Å²) in [5, 5.41) is 8.33. The van der Waals surface area contributed by atoms with Crippen molar-refractivity contribution in [2.24, 2.45) is 0 Å². The molecule has 25 heavy (non-hydrogen) atoms. The molecule has 0 atom stereocenters. The van der Waals surface area contributed by atoms with Crippen molar-refractivity contribution in [2.75, 3.05) is 31.6 Å². The minimum Gasteiger partial charge on any atom is -0.425 e. The number of hydrogen-bond donors (Lipinski definition) is 0. The van der Waals surface area contributed by atoms with Crippen LogP contribution in [0.15, 0.2) is 34.7 Å². The monoisotopic (exact) mass is 342 g/mol. The third-order valence-corrected chi connectivity index (χ3v) is 4.76. The van der Waals surface area contributed by atoms with Crippen LogP contribution in [0, 0.1) is 0 Å². The highest BCUT2D eigenvalue weighted by molar-refractivity contribution is 5.94. The normalized spacial score (nSPS) is 16.3. The molecular weight excluding hydrogens is 316 g/mol. The van der Waals surface area contributed by atoms with Crippen molar-refractivity contribution in [1.82, 2.24) is 15.1 Å². The van der Waals surface area contributed by atoms with Crippen LogP contribution < -0.4 is 4.90 Å². The van der Waals surface area contributed by atoms with Crippen molar-refractivity contribution < 1.29 is 9.21 Å². The smallest absolute Gasteiger partial charge is 0.240 e. The number of amides is 1. The molecule has 134 valence electrons. The van der Waals surface area contributed by atoms with E-state index in [1.165, 1.54) is 0 Å². The fourth-order valence-electron chi connectivity index (χ4n) is 3.08. The molecule has 0 N–H and O–H groups in total. The van der Waals surface area contributed by atoms with E-state index in [-0.39, 0.29) is 11.8 Å². The van der Waals surface area contributed by atoms with E-state index in [0.717, 1.165) is 37.5 Å². The van der Waals surface area contributed by atoms with Crippen LogP contribution in [-0.4, -0.2) is 47.7 Å². The van der Waals surface area contributed by atoms with Crippen LogP contribution in [0.1, 0.15) is 50.3 Å². The second kappa shape index (κ2) is 7.78. The number of nitrogens with zero attached hydrogens (tertiary/aromatic N) is 4. The second-order valence-electron chi connectivity index (χ2n) is 6.97. The first-order valence-corrected chi connectivity index (χ1v) is 8.92. The molecule has 1 aromatic heterocycles. The first kappa shape index (κ1) is 17.6. The molecular formula is C19H26N4O2. The summed E-state index contributed by atoms with van der Waals surface area (Å²) in [5.74, 6) is 2.13. The Labute approximate surface area is 148 Å². The summed E-state index contributed by atoms with van der Waals surface area (Å²) < 4.78 is 5.78. The van der Waals surface area contributed by atoms with E-state index >= 15 is 0 Å². The Bertz CT molecular complexity index is 690. The van der Waals surface area contributed by atoms with Crippen molar-refractivity contribution in [3.05, 3.63) is 42.1 Å². The predicted molar refractivity (Wildman–Crippen MR) is 96.7 cm³/mol. The van der Waals surface area contributed by atoms with Gasteiger partial charge >= 0.3 is 0 Å². The lowest BCUT2D eigenvalue weighted by Crippen LogP contribution is -2.42. The first-order chi connectivity index (χ1) is 12.0. The number of anilines is 1. The number of benzene rings is 1. The van der Waals surface area contributed by atoms with Gasteiger partial charge in [0, 0.05) is 24.6 Å². The van der Waals surface area contributed by atoms with Gasteiger partial charge in [-0.3, -0.25) is 9.69 Å². The Hall–Kier alpha value is -2.21. The van der Waals surface area contributed by atoms with Gasteiger partial charge in [-0.2, -0.15) is 0 Å². The number of carbonyl (C=O) groups is 1. The van der Waals surface area contributed by atoms with Gasteiger partial charge in [0.1, 0.15) is 0 Å². The van der Waals surface area contributed by atoms with Gasteiger partial charge < -0.3 is 9.32 Å². The van der Waals surface area contributed by atoms with E-state index in [0.29, 0.717) is 18.4 Å². The van der Waals surface area contributed by atoms with Gasteiger partial charge in [-0.25, -0.2) is 0 Å². The first-order valence-electron chi connectivity index (χ1n) is 8.92. The standard InChI is InChI=1S/C19H26N4O2/c1-14(2)18-20-21-19(25-18)15-9-11-23(12-10-15)13-17(24)22(3)16-7-5-4-6-8-16/h4-8,14-15H,9-13H2,1-3H3. The van der Waals surface area contributed by atoms with E-state index < -0.39 is 0 Å². The van der Waals surface area contributed by atoms with Gasteiger partial charge in [0.15, 0.2) is 0 Å². The molecule has 2 heterocycles. The van der Waals surface area contributed by atoms with E-state index in [9.17, 15) is 4.79 Å². The lowest BCUT2D eigenvalue weighted by Gasteiger charge is -2.31. The van der Waals surface area contributed by atoms with Gasteiger partial charge in [-0.1, -0.05) is 32.0 Å². The lowest BCUT2D eigenvalue weighted by atomic mass is 9.97. The minimum absolute atomic E-state index is 0.115. The van der Waals surface area contributed by atoms with Crippen LogP contribution in [-0.2, 0) is 4.79 Å². The Balaban J connectivity index is 1.51. The highest BCUT2D eigenvalue weighted by Crippen LogP contribution is 2.28. The Morgan fingerprint density at radius 3 is 2.52 bits per heavy atom. The summed E-state index contributed by atoms with van der Waals surface area (Å²) >= 11 is 0. The molecule has 0 aliphatic carbocycles. The topological polar surface area (TPSA) is 62.5 Å². The molecule has 1 aliphatic heterocycles. The summed E-state index contributed by atoms with van der Waals surface area (Å²) in [6, 6.07) is 9.74. The fraction of sp³-hybridized carbons (Fsp3) is 0.526. The summed E-state index contributed by atoms with van der Waals surface area (Å²) in [5.41, 5.74) is 0.925. The predicted octanol–water partition coefficient (Wildman–Crippen LogP) is 3.04. The second-order valence-corrected chi connectivity index (χ2v) is 6.97. The van der Waals surface area contributed by atoms with Gasteiger partial charge in [-0.15, -0.1) is 10.2 Å². The molecule has 6 nitrogen and oxygen atoms in total. The molecule has 0 saturated carbocycles. The molecule has 1 aromatic carbocycles. The number of aromatic nitrogens is 2.